The smallest absolute Gasteiger partial charge is 0.0707 e. The maximum Gasteiger partial charge on any atom is 0.0707 e. The van der Waals surface area contributed by atoms with Crippen molar-refractivity contribution in [2.24, 2.45) is 5.92 Å². The molecule has 0 aromatic rings. The van der Waals surface area contributed by atoms with E-state index in [1.54, 1.807) is 0 Å². The van der Waals surface area contributed by atoms with Crippen molar-refractivity contribution in [1.29, 1.82) is 0 Å². The van der Waals surface area contributed by atoms with E-state index >= 15 is 0 Å². The minimum absolute atomic E-state index is 0.0530. The lowest BCUT2D eigenvalue weighted by atomic mass is 9.89. The molecule has 0 atom stereocenters. The molecule has 0 aromatic heterocycles. The number of rotatable bonds is 8. The molecule has 0 spiro atoms. The summed E-state index contributed by atoms with van der Waals surface area (Å²) in [7, 11) is 0. The zero-order valence-electron chi connectivity index (χ0n) is 12.5. The summed E-state index contributed by atoms with van der Waals surface area (Å²) in [4.78, 5) is 0. The zero-order valence-corrected chi connectivity index (χ0v) is 12.5. The first kappa shape index (κ1) is 15.9. The van der Waals surface area contributed by atoms with Crippen LogP contribution in [-0.2, 0) is 9.47 Å². The van der Waals surface area contributed by atoms with Gasteiger partial charge in [0.05, 0.1) is 25.4 Å². The molecule has 0 amide bonds. The summed E-state index contributed by atoms with van der Waals surface area (Å²) in [5.41, 5.74) is -0.0530. The van der Waals surface area contributed by atoms with Gasteiger partial charge in [-0.05, 0) is 46.1 Å². The van der Waals surface area contributed by atoms with Crippen LogP contribution in [-0.4, -0.2) is 38.5 Å². The van der Waals surface area contributed by atoms with Crippen molar-refractivity contribution in [3.8, 4) is 0 Å². The van der Waals surface area contributed by atoms with E-state index in [0.29, 0.717) is 13.2 Å². The first-order valence-electron chi connectivity index (χ1n) is 7.50. The lowest BCUT2D eigenvalue weighted by molar-refractivity contribution is -0.0343. The highest BCUT2D eigenvalue weighted by Gasteiger charge is 2.12. The zero-order chi connectivity index (χ0) is 13.3. The number of ether oxygens (including phenoxy) is 2. The molecule has 1 fully saturated rings. The van der Waals surface area contributed by atoms with E-state index in [1.165, 1.54) is 38.6 Å². The molecular weight excluding hydrogens is 226 g/mol. The molecule has 108 valence electrons. The van der Waals surface area contributed by atoms with Crippen LogP contribution >= 0.6 is 0 Å². The Morgan fingerprint density at radius 1 is 1.00 bits per heavy atom. The molecule has 0 bridgehead atoms. The monoisotopic (exact) mass is 257 g/mol. The van der Waals surface area contributed by atoms with E-state index in [4.69, 9.17) is 9.47 Å². The Morgan fingerprint density at radius 3 is 2.39 bits per heavy atom. The highest BCUT2D eigenvalue weighted by atomic mass is 16.5. The predicted octanol–water partition coefficient (Wildman–Crippen LogP) is 2.99. The summed E-state index contributed by atoms with van der Waals surface area (Å²) in [6.45, 7) is 10.5. The van der Waals surface area contributed by atoms with Gasteiger partial charge in [0.1, 0.15) is 0 Å². The van der Waals surface area contributed by atoms with Gasteiger partial charge >= 0.3 is 0 Å². The fourth-order valence-corrected chi connectivity index (χ4v) is 2.35. The van der Waals surface area contributed by atoms with Gasteiger partial charge in [-0.2, -0.15) is 0 Å². The van der Waals surface area contributed by atoms with Crippen LogP contribution in [0.15, 0.2) is 0 Å². The molecule has 1 N–H and O–H groups in total. The first-order chi connectivity index (χ1) is 8.58. The van der Waals surface area contributed by atoms with Crippen LogP contribution in [0.4, 0.5) is 0 Å². The molecular formula is C15H31NO2. The van der Waals surface area contributed by atoms with Crippen LogP contribution in [0, 0.1) is 5.92 Å². The Labute approximate surface area is 113 Å². The molecule has 0 aromatic carbocycles. The molecule has 1 rings (SSSR count). The number of nitrogens with one attached hydrogen (secondary N) is 1. The summed E-state index contributed by atoms with van der Waals surface area (Å²) in [6.07, 6.45) is 7.11. The van der Waals surface area contributed by atoms with Crippen LogP contribution in [0.25, 0.3) is 0 Å². The quantitative estimate of drug-likeness (QED) is 0.678. The Bertz CT molecular complexity index is 195. The molecule has 1 aliphatic carbocycles. The molecule has 0 unspecified atom stereocenters. The minimum Gasteiger partial charge on any atom is -0.378 e. The average molecular weight is 257 g/mol. The third-order valence-electron chi connectivity index (χ3n) is 3.34. The van der Waals surface area contributed by atoms with Gasteiger partial charge in [0.2, 0.25) is 0 Å². The summed E-state index contributed by atoms with van der Waals surface area (Å²) in [5, 5.41) is 3.50. The topological polar surface area (TPSA) is 30.5 Å². The summed E-state index contributed by atoms with van der Waals surface area (Å²) in [5.74, 6) is 0.906. The number of hydrogen-bond donors (Lipinski definition) is 1. The van der Waals surface area contributed by atoms with Crippen LogP contribution in [0.1, 0.15) is 52.9 Å². The van der Waals surface area contributed by atoms with Gasteiger partial charge in [0.25, 0.3) is 0 Å². The predicted molar refractivity (Wildman–Crippen MR) is 76.0 cm³/mol. The van der Waals surface area contributed by atoms with E-state index in [-0.39, 0.29) is 5.60 Å². The summed E-state index contributed by atoms with van der Waals surface area (Å²) < 4.78 is 11.1. The normalized spacial score (nSPS) is 18.2. The highest BCUT2D eigenvalue weighted by molar-refractivity contribution is 4.67. The van der Waals surface area contributed by atoms with Crippen molar-refractivity contribution < 1.29 is 9.47 Å². The molecule has 1 saturated carbocycles. The lowest BCUT2D eigenvalue weighted by Crippen LogP contribution is -2.28. The second-order valence-corrected chi connectivity index (χ2v) is 6.28. The second kappa shape index (κ2) is 8.89. The van der Waals surface area contributed by atoms with Crippen molar-refractivity contribution in [2.45, 2.75) is 58.5 Å². The number of hydrogen-bond acceptors (Lipinski definition) is 3. The van der Waals surface area contributed by atoms with E-state index in [1.807, 2.05) is 0 Å². The Balaban J connectivity index is 1.81. The fraction of sp³-hybridized carbons (Fsp3) is 1.00. The summed E-state index contributed by atoms with van der Waals surface area (Å²) >= 11 is 0. The van der Waals surface area contributed by atoms with Gasteiger partial charge in [-0.25, -0.2) is 0 Å². The third-order valence-corrected chi connectivity index (χ3v) is 3.34. The Morgan fingerprint density at radius 2 is 1.72 bits per heavy atom. The Kier molecular flexibility index (Phi) is 7.87. The molecule has 0 saturated heterocycles. The first-order valence-corrected chi connectivity index (χ1v) is 7.50. The molecule has 0 heterocycles. The van der Waals surface area contributed by atoms with Gasteiger partial charge < -0.3 is 14.8 Å². The van der Waals surface area contributed by atoms with Gasteiger partial charge in [-0.3, -0.25) is 0 Å². The van der Waals surface area contributed by atoms with Crippen LogP contribution in [0.2, 0.25) is 0 Å². The third kappa shape index (κ3) is 8.90. The van der Waals surface area contributed by atoms with Crippen LogP contribution in [0.3, 0.4) is 0 Å². The second-order valence-electron chi connectivity index (χ2n) is 6.28. The van der Waals surface area contributed by atoms with Crippen LogP contribution < -0.4 is 5.32 Å². The molecule has 3 heteroatoms. The minimum atomic E-state index is -0.0530. The van der Waals surface area contributed by atoms with Crippen LogP contribution in [0.5, 0.6) is 0 Å². The van der Waals surface area contributed by atoms with E-state index in [9.17, 15) is 0 Å². The maximum absolute atomic E-state index is 5.59. The fourth-order valence-electron chi connectivity index (χ4n) is 2.35. The lowest BCUT2D eigenvalue weighted by Gasteiger charge is -2.22. The van der Waals surface area contributed by atoms with Gasteiger partial charge in [-0.1, -0.05) is 19.3 Å². The molecule has 18 heavy (non-hydrogen) atoms. The SMILES string of the molecule is CC(C)(C)OCCOCCNCC1CCCCC1. The largest absolute Gasteiger partial charge is 0.378 e. The van der Waals surface area contributed by atoms with E-state index in [2.05, 4.69) is 26.1 Å². The van der Waals surface area contributed by atoms with Gasteiger partial charge in [0.15, 0.2) is 0 Å². The van der Waals surface area contributed by atoms with Crippen molar-refractivity contribution >= 4 is 0 Å². The molecule has 1 aliphatic rings. The average Bonchev–Trinajstić information content (AvgIpc) is 2.32. The van der Waals surface area contributed by atoms with E-state index < -0.39 is 0 Å². The maximum atomic E-state index is 5.59. The van der Waals surface area contributed by atoms with E-state index in [0.717, 1.165) is 19.1 Å². The standard InChI is InChI=1S/C15H31NO2/c1-15(2,3)18-12-11-17-10-9-16-13-14-7-5-4-6-8-14/h14,16H,4-13H2,1-3H3. The Hall–Kier alpha value is -0.120. The molecule has 0 radical (unpaired) electrons. The van der Waals surface area contributed by atoms with Crippen molar-refractivity contribution in [1.82, 2.24) is 5.32 Å². The van der Waals surface area contributed by atoms with Gasteiger partial charge in [-0.15, -0.1) is 0 Å². The summed E-state index contributed by atoms with van der Waals surface area (Å²) in [6, 6.07) is 0. The van der Waals surface area contributed by atoms with Gasteiger partial charge in [0, 0.05) is 6.54 Å². The highest BCUT2D eigenvalue weighted by Crippen LogP contribution is 2.22. The molecule has 0 aliphatic heterocycles. The van der Waals surface area contributed by atoms with Crippen molar-refractivity contribution in [3.05, 3.63) is 0 Å². The molecule has 3 nitrogen and oxygen atoms in total. The van der Waals surface area contributed by atoms with Crippen molar-refractivity contribution in [2.75, 3.05) is 32.9 Å². The van der Waals surface area contributed by atoms with Crippen molar-refractivity contribution in [3.63, 3.8) is 0 Å².